The van der Waals surface area contributed by atoms with Crippen LogP contribution < -0.4 is 0 Å². The lowest BCUT2D eigenvalue weighted by atomic mass is 10.1. The normalized spacial score (nSPS) is 10.9. The van der Waals surface area contributed by atoms with Gasteiger partial charge in [-0.05, 0) is 37.0 Å². The van der Waals surface area contributed by atoms with Gasteiger partial charge in [0.25, 0.3) is 0 Å². The maximum absolute atomic E-state index is 8.69. The molecule has 0 aromatic carbocycles. The average molecular weight is 190 g/mol. The molecule has 0 fully saturated rings. The number of fused-ring (bicyclic) bond motifs is 1. The molecule has 0 aliphatic carbocycles. The number of aliphatic hydroxyl groups excluding tert-OH is 1. The first-order valence-corrected chi connectivity index (χ1v) is 4.93. The monoisotopic (exact) mass is 190 g/mol. The van der Waals surface area contributed by atoms with Gasteiger partial charge in [0.15, 0.2) is 0 Å². The topological polar surface area (TPSA) is 48.9 Å². The summed E-state index contributed by atoms with van der Waals surface area (Å²) in [5.74, 6) is 0. The minimum absolute atomic E-state index is 0.278. The number of H-pyrrole nitrogens is 1. The van der Waals surface area contributed by atoms with Crippen molar-refractivity contribution in [1.82, 2.24) is 9.97 Å². The molecule has 14 heavy (non-hydrogen) atoms. The zero-order valence-electron chi connectivity index (χ0n) is 8.03. The molecule has 3 nitrogen and oxygen atoms in total. The van der Waals surface area contributed by atoms with Gasteiger partial charge >= 0.3 is 0 Å². The second-order valence-electron chi connectivity index (χ2n) is 3.39. The Labute approximate surface area is 82.8 Å². The standard InChI is InChI=1S/C11H14N2O/c14-7-2-1-4-9-8-13-11-10(9)5-3-6-12-11/h3,5-6,8,14H,1-2,4,7H2,(H,12,13). The SMILES string of the molecule is OCCCCc1c[nH]c2ncccc12. The van der Waals surface area contributed by atoms with Gasteiger partial charge in [0.1, 0.15) is 5.65 Å². The number of aromatic amines is 1. The van der Waals surface area contributed by atoms with Crippen LogP contribution in [0.5, 0.6) is 0 Å². The van der Waals surface area contributed by atoms with E-state index < -0.39 is 0 Å². The summed E-state index contributed by atoms with van der Waals surface area (Å²) < 4.78 is 0. The molecule has 0 aliphatic heterocycles. The Bertz CT molecular complexity index is 408. The van der Waals surface area contributed by atoms with E-state index in [0.29, 0.717) is 0 Å². The molecule has 2 N–H and O–H groups in total. The van der Waals surface area contributed by atoms with Crippen LogP contribution in [-0.2, 0) is 6.42 Å². The first kappa shape index (κ1) is 9.21. The molecule has 0 aliphatic rings. The predicted molar refractivity (Wildman–Crippen MR) is 56.1 cm³/mol. The fraction of sp³-hybridized carbons (Fsp3) is 0.364. The van der Waals surface area contributed by atoms with E-state index in [0.717, 1.165) is 24.9 Å². The molecule has 3 heteroatoms. The molecule has 0 unspecified atom stereocenters. The molecule has 0 saturated carbocycles. The summed E-state index contributed by atoms with van der Waals surface area (Å²) in [4.78, 5) is 7.37. The van der Waals surface area contributed by atoms with Crippen molar-refractivity contribution in [1.29, 1.82) is 0 Å². The Morgan fingerprint density at radius 1 is 1.36 bits per heavy atom. The number of nitrogens with one attached hydrogen (secondary N) is 1. The number of aromatic nitrogens is 2. The smallest absolute Gasteiger partial charge is 0.137 e. The van der Waals surface area contributed by atoms with E-state index in [1.54, 1.807) is 6.20 Å². The van der Waals surface area contributed by atoms with Crippen molar-refractivity contribution in [2.24, 2.45) is 0 Å². The lowest BCUT2D eigenvalue weighted by Crippen LogP contribution is -1.87. The van der Waals surface area contributed by atoms with Crippen molar-refractivity contribution in [3.8, 4) is 0 Å². The van der Waals surface area contributed by atoms with E-state index in [1.165, 1.54) is 10.9 Å². The number of nitrogens with zero attached hydrogens (tertiary/aromatic N) is 1. The third-order valence-corrected chi connectivity index (χ3v) is 2.39. The van der Waals surface area contributed by atoms with Gasteiger partial charge in [0, 0.05) is 24.4 Å². The van der Waals surface area contributed by atoms with E-state index in [2.05, 4.69) is 16.0 Å². The maximum atomic E-state index is 8.69. The maximum Gasteiger partial charge on any atom is 0.137 e. The molecule has 74 valence electrons. The third kappa shape index (κ3) is 1.77. The van der Waals surface area contributed by atoms with Crippen LogP contribution in [0.2, 0.25) is 0 Å². The Morgan fingerprint density at radius 3 is 3.14 bits per heavy atom. The molecule has 0 bridgehead atoms. The van der Waals surface area contributed by atoms with E-state index >= 15 is 0 Å². The molecule has 0 amide bonds. The van der Waals surface area contributed by atoms with Crippen molar-refractivity contribution < 1.29 is 5.11 Å². The summed E-state index contributed by atoms with van der Waals surface area (Å²) in [5, 5.41) is 9.89. The van der Waals surface area contributed by atoms with Gasteiger partial charge in [-0.3, -0.25) is 0 Å². The number of unbranched alkanes of at least 4 members (excludes halogenated alkanes) is 1. The van der Waals surface area contributed by atoms with Crippen LogP contribution in [0.3, 0.4) is 0 Å². The number of aliphatic hydroxyl groups is 1. The number of rotatable bonds is 4. The van der Waals surface area contributed by atoms with Crippen LogP contribution in [-0.4, -0.2) is 21.7 Å². The predicted octanol–water partition coefficient (Wildman–Crippen LogP) is 1.88. The fourth-order valence-electron chi connectivity index (χ4n) is 1.65. The highest BCUT2D eigenvalue weighted by Gasteiger charge is 2.02. The van der Waals surface area contributed by atoms with Crippen LogP contribution in [0.1, 0.15) is 18.4 Å². The molecular formula is C11H14N2O. The van der Waals surface area contributed by atoms with E-state index in [-0.39, 0.29) is 6.61 Å². The van der Waals surface area contributed by atoms with Crippen molar-refractivity contribution >= 4 is 11.0 Å². The molecule has 2 rings (SSSR count). The average Bonchev–Trinajstić information content (AvgIpc) is 2.63. The third-order valence-electron chi connectivity index (χ3n) is 2.39. The Kier molecular flexibility index (Phi) is 2.79. The van der Waals surface area contributed by atoms with Crippen molar-refractivity contribution in [3.05, 3.63) is 30.1 Å². The highest BCUT2D eigenvalue weighted by molar-refractivity contribution is 5.79. The van der Waals surface area contributed by atoms with Crippen LogP contribution in [0.25, 0.3) is 11.0 Å². The minimum atomic E-state index is 0.278. The van der Waals surface area contributed by atoms with Gasteiger partial charge in [0.05, 0.1) is 0 Å². The molecule has 0 radical (unpaired) electrons. The quantitative estimate of drug-likeness (QED) is 0.723. The first-order valence-electron chi connectivity index (χ1n) is 4.93. The van der Waals surface area contributed by atoms with Crippen molar-refractivity contribution in [2.75, 3.05) is 6.61 Å². The summed E-state index contributed by atoms with van der Waals surface area (Å²) in [7, 11) is 0. The van der Waals surface area contributed by atoms with E-state index in [1.807, 2.05) is 12.3 Å². The summed E-state index contributed by atoms with van der Waals surface area (Å²) in [6.07, 6.45) is 6.70. The lowest BCUT2D eigenvalue weighted by Gasteiger charge is -1.97. The molecule has 2 aromatic heterocycles. The van der Waals surface area contributed by atoms with Gasteiger partial charge in [0.2, 0.25) is 0 Å². The second-order valence-corrected chi connectivity index (χ2v) is 3.39. The summed E-state index contributed by atoms with van der Waals surface area (Å²) in [6, 6.07) is 4.03. The zero-order chi connectivity index (χ0) is 9.80. The Morgan fingerprint density at radius 2 is 2.29 bits per heavy atom. The fourth-order valence-corrected chi connectivity index (χ4v) is 1.65. The summed E-state index contributed by atoms with van der Waals surface area (Å²) in [5.41, 5.74) is 2.24. The molecule has 0 spiro atoms. The zero-order valence-corrected chi connectivity index (χ0v) is 8.03. The van der Waals surface area contributed by atoms with Crippen LogP contribution in [0.4, 0.5) is 0 Å². The Balaban J connectivity index is 2.17. The van der Waals surface area contributed by atoms with Gasteiger partial charge in [-0.1, -0.05) is 0 Å². The molecule has 0 saturated heterocycles. The lowest BCUT2D eigenvalue weighted by molar-refractivity contribution is 0.284. The van der Waals surface area contributed by atoms with Gasteiger partial charge < -0.3 is 10.1 Å². The Hall–Kier alpha value is -1.35. The van der Waals surface area contributed by atoms with Crippen LogP contribution in [0, 0.1) is 0 Å². The van der Waals surface area contributed by atoms with Gasteiger partial charge in [-0.25, -0.2) is 4.98 Å². The minimum Gasteiger partial charge on any atom is -0.396 e. The number of pyridine rings is 1. The summed E-state index contributed by atoms with van der Waals surface area (Å²) >= 11 is 0. The number of hydrogen-bond acceptors (Lipinski definition) is 2. The first-order chi connectivity index (χ1) is 6.92. The van der Waals surface area contributed by atoms with Gasteiger partial charge in [-0.15, -0.1) is 0 Å². The highest BCUT2D eigenvalue weighted by atomic mass is 16.2. The van der Waals surface area contributed by atoms with E-state index in [4.69, 9.17) is 5.11 Å². The molecule has 2 aromatic rings. The summed E-state index contributed by atoms with van der Waals surface area (Å²) in [6.45, 7) is 0.278. The number of aryl methyl sites for hydroxylation is 1. The highest BCUT2D eigenvalue weighted by Crippen LogP contribution is 2.17. The van der Waals surface area contributed by atoms with Crippen LogP contribution in [0.15, 0.2) is 24.5 Å². The van der Waals surface area contributed by atoms with Crippen LogP contribution >= 0.6 is 0 Å². The largest absolute Gasteiger partial charge is 0.396 e. The molecular weight excluding hydrogens is 176 g/mol. The second kappa shape index (κ2) is 4.24. The van der Waals surface area contributed by atoms with E-state index in [9.17, 15) is 0 Å². The number of hydrogen-bond donors (Lipinski definition) is 2. The van der Waals surface area contributed by atoms with Gasteiger partial charge in [-0.2, -0.15) is 0 Å². The molecule has 2 heterocycles. The van der Waals surface area contributed by atoms with Crippen molar-refractivity contribution in [3.63, 3.8) is 0 Å². The molecule has 0 atom stereocenters. The van der Waals surface area contributed by atoms with Crippen molar-refractivity contribution in [2.45, 2.75) is 19.3 Å².